The maximum atomic E-state index is 10.1. The Labute approximate surface area is 138 Å². The van der Waals surface area contributed by atoms with Gasteiger partial charge in [0.2, 0.25) is 0 Å². The molecule has 124 valence electrons. The van der Waals surface area contributed by atoms with Crippen LogP contribution >= 0.6 is 0 Å². The van der Waals surface area contributed by atoms with E-state index in [1.165, 1.54) is 5.56 Å². The molecule has 23 heavy (non-hydrogen) atoms. The molecule has 0 bridgehead atoms. The third kappa shape index (κ3) is 4.65. The molecule has 0 saturated carbocycles. The molecule has 0 fully saturated rings. The van der Waals surface area contributed by atoms with Crippen molar-refractivity contribution in [3.8, 4) is 23.0 Å². The third-order valence-corrected chi connectivity index (χ3v) is 3.71. The van der Waals surface area contributed by atoms with Crippen molar-refractivity contribution in [2.45, 2.75) is 46.5 Å². The van der Waals surface area contributed by atoms with Crippen molar-refractivity contribution >= 4 is 0 Å². The highest BCUT2D eigenvalue weighted by atomic mass is 16.5. The molecule has 0 spiro atoms. The molecule has 0 heterocycles. The molecule has 1 N–H and O–H groups in total. The summed E-state index contributed by atoms with van der Waals surface area (Å²) in [5, 5.41) is 10.1. The summed E-state index contributed by atoms with van der Waals surface area (Å²) in [7, 11) is 0. The predicted octanol–water partition coefficient (Wildman–Crippen LogP) is 5.80. The SMILES string of the molecule is CCCCOc1ccc(O)c(Oc2ccc(C)cc2C(C)C)c1. The molecular weight excluding hydrogens is 288 g/mol. The van der Waals surface area contributed by atoms with Crippen LogP contribution < -0.4 is 9.47 Å². The van der Waals surface area contributed by atoms with Gasteiger partial charge in [0.05, 0.1) is 6.61 Å². The smallest absolute Gasteiger partial charge is 0.172 e. The van der Waals surface area contributed by atoms with Crippen molar-refractivity contribution in [1.29, 1.82) is 0 Å². The molecule has 2 aromatic carbocycles. The van der Waals surface area contributed by atoms with Crippen molar-refractivity contribution in [1.82, 2.24) is 0 Å². The van der Waals surface area contributed by atoms with E-state index in [1.54, 1.807) is 18.2 Å². The molecule has 0 unspecified atom stereocenters. The number of phenolic OH excluding ortho intramolecular Hbond substituents is 1. The number of benzene rings is 2. The van der Waals surface area contributed by atoms with Crippen LogP contribution in [0.5, 0.6) is 23.0 Å². The lowest BCUT2D eigenvalue weighted by Crippen LogP contribution is -1.98. The van der Waals surface area contributed by atoms with Crippen LogP contribution in [0.1, 0.15) is 50.7 Å². The van der Waals surface area contributed by atoms with Gasteiger partial charge in [-0.2, -0.15) is 0 Å². The quantitative estimate of drug-likeness (QED) is 0.657. The molecule has 2 aromatic rings. The summed E-state index contributed by atoms with van der Waals surface area (Å²) in [5.74, 6) is 2.36. The molecule has 2 rings (SSSR count). The van der Waals surface area contributed by atoms with Crippen molar-refractivity contribution in [3.63, 3.8) is 0 Å². The zero-order valence-electron chi connectivity index (χ0n) is 14.4. The lowest BCUT2D eigenvalue weighted by molar-refractivity contribution is 0.306. The van der Waals surface area contributed by atoms with Crippen LogP contribution in [-0.2, 0) is 0 Å². The minimum atomic E-state index is 0.114. The van der Waals surface area contributed by atoms with Crippen LogP contribution in [-0.4, -0.2) is 11.7 Å². The summed E-state index contributed by atoms with van der Waals surface area (Å²) in [6, 6.07) is 11.2. The van der Waals surface area contributed by atoms with Gasteiger partial charge in [0.1, 0.15) is 11.5 Å². The van der Waals surface area contributed by atoms with Crippen molar-refractivity contribution in [3.05, 3.63) is 47.5 Å². The molecule has 0 atom stereocenters. The van der Waals surface area contributed by atoms with E-state index in [0.717, 1.165) is 24.2 Å². The van der Waals surface area contributed by atoms with Crippen LogP contribution in [0.15, 0.2) is 36.4 Å². The first-order valence-electron chi connectivity index (χ1n) is 8.25. The lowest BCUT2D eigenvalue weighted by Gasteiger charge is -2.16. The fraction of sp³-hybridized carbons (Fsp3) is 0.400. The maximum Gasteiger partial charge on any atom is 0.172 e. The normalized spacial score (nSPS) is 10.8. The van der Waals surface area contributed by atoms with Gasteiger partial charge in [-0.1, -0.05) is 44.9 Å². The van der Waals surface area contributed by atoms with Crippen LogP contribution in [0.2, 0.25) is 0 Å². The number of hydrogen-bond donors (Lipinski definition) is 1. The van der Waals surface area contributed by atoms with Crippen LogP contribution in [0.25, 0.3) is 0 Å². The van der Waals surface area contributed by atoms with E-state index in [9.17, 15) is 5.11 Å². The monoisotopic (exact) mass is 314 g/mol. The number of ether oxygens (including phenoxy) is 2. The fourth-order valence-electron chi connectivity index (χ4n) is 2.33. The second kappa shape index (κ2) is 7.91. The molecule has 0 aliphatic rings. The topological polar surface area (TPSA) is 38.7 Å². The van der Waals surface area contributed by atoms with Crippen molar-refractivity contribution in [2.24, 2.45) is 0 Å². The molecule has 3 heteroatoms. The fourth-order valence-corrected chi connectivity index (χ4v) is 2.33. The van der Waals surface area contributed by atoms with Gasteiger partial charge in [0, 0.05) is 6.07 Å². The van der Waals surface area contributed by atoms with Gasteiger partial charge >= 0.3 is 0 Å². The van der Waals surface area contributed by atoms with E-state index in [-0.39, 0.29) is 5.75 Å². The first kappa shape index (κ1) is 17.2. The van der Waals surface area contributed by atoms with Gasteiger partial charge in [-0.05, 0) is 43.0 Å². The van der Waals surface area contributed by atoms with E-state index < -0.39 is 0 Å². The van der Waals surface area contributed by atoms with Gasteiger partial charge in [0.25, 0.3) is 0 Å². The average molecular weight is 314 g/mol. The Hall–Kier alpha value is -2.16. The van der Waals surface area contributed by atoms with E-state index in [0.29, 0.717) is 24.0 Å². The Morgan fingerprint density at radius 3 is 2.52 bits per heavy atom. The molecule has 3 nitrogen and oxygen atoms in total. The Bertz CT molecular complexity index is 647. The molecule has 0 radical (unpaired) electrons. The van der Waals surface area contributed by atoms with E-state index in [2.05, 4.69) is 33.8 Å². The lowest BCUT2D eigenvalue weighted by atomic mass is 10.00. The second-order valence-electron chi connectivity index (χ2n) is 6.13. The summed E-state index contributed by atoms with van der Waals surface area (Å²) in [4.78, 5) is 0. The zero-order valence-corrected chi connectivity index (χ0v) is 14.4. The van der Waals surface area contributed by atoms with E-state index in [4.69, 9.17) is 9.47 Å². The number of phenols is 1. The number of rotatable bonds is 7. The Morgan fingerprint density at radius 1 is 1.04 bits per heavy atom. The highest BCUT2D eigenvalue weighted by Gasteiger charge is 2.12. The summed E-state index contributed by atoms with van der Waals surface area (Å²) >= 11 is 0. The first-order valence-corrected chi connectivity index (χ1v) is 8.25. The van der Waals surface area contributed by atoms with Gasteiger partial charge in [-0.3, -0.25) is 0 Å². The van der Waals surface area contributed by atoms with E-state index in [1.807, 2.05) is 12.1 Å². The Morgan fingerprint density at radius 2 is 1.83 bits per heavy atom. The van der Waals surface area contributed by atoms with Gasteiger partial charge in [0.15, 0.2) is 11.5 Å². The molecule has 0 saturated heterocycles. The van der Waals surface area contributed by atoms with Crippen molar-refractivity contribution in [2.75, 3.05) is 6.61 Å². The van der Waals surface area contributed by atoms with Crippen LogP contribution in [0, 0.1) is 6.92 Å². The van der Waals surface area contributed by atoms with Crippen LogP contribution in [0.3, 0.4) is 0 Å². The average Bonchev–Trinajstić information content (AvgIpc) is 2.52. The molecule has 0 aliphatic carbocycles. The summed E-state index contributed by atoms with van der Waals surface area (Å²) in [6.07, 6.45) is 2.09. The molecular formula is C20H26O3. The van der Waals surface area contributed by atoms with Crippen molar-refractivity contribution < 1.29 is 14.6 Å². The largest absolute Gasteiger partial charge is 0.504 e. The number of aryl methyl sites for hydroxylation is 1. The summed E-state index contributed by atoms with van der Waals surface area (Å²) < 4.78 is 11.7. The van der Waals surface area contributed by atoms with Gasteiger partial charge in [-0.15, -0.1) is 0 Å². The van der Waals surface area contributed by atoms with E-state index >= 15 is 0 Å². The number of hydrogen-bond acceptors (Lipinski definition) is 3. The van der Waals surface area contributed by atoms with Crippen LogP contribution in [0.4, 0.5) is 0 Å². The minimum absolute atomic E-state index is 0.114. The van der Waals surface area contributed by atoms with Gasteiger partial charge < -0.3 is 14.6 Å². The molecule has 0 amide bonds. The minimum Gasteiger partial charge on any atom is -0.504 e. The Balaban J connectivity index is 2.24. The number of aromatic hydroxyl groups is 1. The predicted molar refractivity (Wildman–Crippen MR) is 93.9 cm³/mol. The Kier molecular flexibility index (Phi) is 5.91. The highest BCUT2D eigenvalue weighted by Crippen LogP contribution is 2.37. The summed E-state index contributed by atoms with van der Waals surface area (Å²) in [6.45, 7) is 9.12. The second-order valence-corrected chi connectivity index (χ2v) is 6.13. The third-order valence-electron chi connectivity index (χ3n) is 3.71. The standard InChI is InChI=1S/C20H26O3/c1-5-6-11-22-16-8-9-18(21)20(13-16)23-19-10-7-15(4)12-17(19)14(2)3/h7-10,12-14,21H,5-6,11H2,1-4H3. The maximum absolute atomic E-state index is 10.1. The highest BCUT2D eigenvalue weighted by molar-refractivity contribution is 5.49. The first-order chi connectivity index (χ1) is 11.0. The number of unbranched alkanes of at least 4 members (excludes halogenated alkanes) is 1. The summed E-state index contributed by atoms with van der Waals surface area (Å²) in [5.41, 5.74) is 2.32. The zero-order chi connectivity index (χ0) is 16.8. The van der Waals surface area contributed by atoms with Gasteiger partial charge in [-0.25, -0.2) is 0 Å². The molecule has 0 aliphatic heterocycles. The molecule has 0 aromatic heterocycles.